The first-order chi connectivity index (χ1) is 39.8. The van der Waals surface area contributed by atoms with E-state index in [-0.39, 0.29) is 33.5 Å². The van der Waals surface area contributed by atoms with Crippen LogP contribution >= 0.6 is 68.8 Å². The zero-order valence-electron chi connectivity index (χ0n) is 43.4. The minimum Gasteiger partial charge on any atom is -0.289 e. The number of carbonyl (C=O) groups excluding carboxylic acids is 2. The van der Waals surface area contributed by atoms with Gasteiger partial charge in [-0.25, -0.2) is 0 Å². The summed E-state index contributed by atoms with van der Waals surface area (Å²) in [5, 5.41) is 42.0. The summed E-state index contributed by atoms with van der Waals surface area (Å²) in [4.78, 5) is 32.4. The molecule has 0 atom stereocenters. The normalized spacial score (nSPS) is 16.0. The molecule has 0 fully saturated rings. The zero-order valence-corrected chi connectivity index (χ0v) is 48.3. The molecule has 0 saturated carbocycles. The summed E-state index contributed by atoms with van der Waals surface area (Å²) in [5.41, 5.74) is 16.7. The number of fused-ring (bicyclic) bond motifs is 15. The number of Topliss-reactive ketones (excluding diaryl/α,β-unsaturated/α-hetero) is 2. The van der Waals surface area contributed by atoms with E-state index in [9.17, 15) is 30.6 Å². The minimum atomic E-state index is -0.255. The van der Waals surface area contributed by atoms with Crippen molar-refractivity contribution in [2.45, 2.75) is 38.5 Å². The van der Waals surface area contributed by atoms with Crippen LogP contribution in [0.15, 0.2) is 131 Å². The maximum Gasteiger partial charge on any atom is 0.194 e. The second-order valence-electron chi connectivity index (χ2n) is 21.8. The maximum atomic E-state index is 13.8. The van der Waals surface area contributed by atoms with Crippen molar-refractivity contribution < 1.29 is 9.59 Å². The van der Waals surface area contributed by atoms with Crippen molar-refractivity contribution in [1.82, 2.24) is 17.5 Å². The molecule has 0 N–H and O–H groups in total. The van der Waals surface area contributed by atoms with E-state index in [2.05, 4.69) is 64.1 Å². The lowest BCUT2D eigenvalue weighted by Crippen LogP contribution is -2.15. The van der Waals surface area contributed by atoms with Gasteiger partial charge in [0, 0.05) is 95.4 Å². The van der Waals surface area contributed by atoms with Crippen LogP contribution in [0.5, 0.6) is 0 Å². The van der Waals surface area contributed by atoms with Crippen molar-refractivity contribution >= 4 is 155 Å². The van der Waals surface area contributed by atoms with Gasteiger partial charge < -0.3 is 0 Å². The lowest BCUT2D eigenvalue weighted by molar-refractivity contribution is 0.103. The monoisotopic (exact) mass is 1160 g/mol. The second kappa shape index (κ2) is 17.2. The Bertz CT molecular complexity index is 5030. The molecule has 0 spiro atoms. The first kappa shape index (κ1) is 48.7. The molecular formula is C66H32N8O2S6. The Morgan fingerprint density at radius 2 is 0.841 bits per heavy atom. The van der Waals surface area contributed by atoms with Crippen LogP contribution in [0.4, 0.5) is 0 Å². The number of carbonyl (C=O) groups is 2. The molecule has 16 heteroatoms. The Balaban J connectivity index is 0.740. The van der Waals surface area contributed by atoms with Gasteiger partial charge in [-0.15, -0.1) is 45.3 Å². The summed E-state index contributed by atoms with van der Waals surface area (Å²) >= 11 is 9.57. The fourth-order valence-corrected chi connectivity index (χ4v) is 19.9. The van der Waals surface area contributed by atoms with Crippen molar-refractivity contribution in [3.05, 3.63) is 187 Å². The van der Waals surface area contributed by atoms with Gasteiger partial charge in [0.1, 0.15) is 57.5 Å². The smallest absolute Gasteiger partial charge is 0.194 e. The van der Waals surface area contributed by atoms with E-state index in [0.29, 0.717) is 66.7 Å². The molecule has 16 rings (SSSR count). The summed E-state index contributed by atoms with van der Waals surface area (Å²) in [5.74, 6) is -0.469. The Morgan fingerprint density at radius 3 is 1.24 bits per heavy atom. The number of nitrogens with zero attached hydrogens (tertiary/aromatic N) is 8. The molecule has 10 nitrogen and oxygen atoms in total. The Hall–Kier alpha value is -9.20. The van der Waals surface area contributed by atoms with Crippen LogP contribution in [-0.2, 0) is 10.8 Å². The van der Waals surface area contributed by atoms with Gasteiger partial charge in [-0.05, 0) is 104 Å². The number of hydrogen-bond acceptors (Lipinski definition) is 16. The number of nitriles is 4. The Labute approximate surface area is 491 Å². The van der Waals surface area contributed by atoms with Crippen molar-refractivity contribution in [3.8, 4) is 66.0 Å². The third-order valence-electron chi connectivity index (χ3n) is 16.8. The summed E-state index contributed by atoms with van der Waals surface area (Å²) in [6, 6.07) is 44.2. The minimum absolute atomic E-state index is 0.108. The van der Waals surface area contributed by atoms with Crippen molar-refractivity contribution in [3.63, 3.8) is 0 Å². The number of hydrogen-bond donors (Lipinski definition) is 0. The van der Waals surface area contributed by atoms with E-state index in [1.807, 2.05) is 71.2 Å². The standard InChI is InChI=1S/C66H32N8O2S6/c1-65(2)45-19-31-21-49(39-15-13-29(55-57(39)73-81-71-55)17-43-51(33(25-67)26-68)35-9-5-7-11-37(35)59(43)75)77-47(31)23-41(45)61-53(65)63-64(79-61)54-62(80-63)42-24-48-32(20-46(42)66(54,3)4)22-50(78-48)40-16-14-30(56-58(40)74-82-72-56)18-44-52(34(27-69)28-70)36-10-6-8-12-38(36)60(44)76/h5-24H,1-4H3. The molecule has 12 aromatic rings. The molecule has 0 bridgehead atoms. The summed E-state index contributed by atoms with van der Waals surface area (Å²) < 4.78 is 24.1. The van der Waals surface area contributed by atoms with E-state index >= 15 is 0 Å². The molecule has 0 aliphatic heterocycles. The molecule has 384 valence electrons. The number of ketones is 2. The van der Waals surface area contributed by atoms with Gasteiger partial charge in [0.25, 0.3) is 0 Å². The highest BCUT2D eigenvalue weighted by atomic mass is 32.1. The SMILES string of the molecule is CC1(C)c2cc3cc(-c4ccc(C=C5C(=O)c6ccccc6C5=C(C#N)C#N)c5nsnc45)sc3cc2-c2sc3c4c(sc3c21)-c1cc2sc(-c3ccc(C=C5C(=O)c6ccccc6C5=C(C#N)C#N)c5nsnc35)cc2cc1C4(C)C. The number of benzene rings is 6. The van der Waals surface area contributed by atoms with Crippen molar-refractivity contribution in [2.24, 2.45) is 0 Å². The molecule has 82 heavy (non-hydrogen) atoms. The van der Waals surface area contributed by atoms with Gasteiger partial charge in [0.05, 0.1) is 32.9 Å². The Morgan fingerprint density at radius 1 is 0.451 bits per heavy atom. The summed E-state index contributed by atoms with van der Waals surface area (Å²) in [7, 11) is 0. The molecule has 6 heterocycles. The van der Waals surface area contributed by atoms with Gasteiger partial charge in [-0.3, -0.25) is 9.59 Å². The van der Waals surface area contributed by atoms with E-state index in [1.165, 1.54) is 72.7 Å². The molecule has 0 saturated heterocycles. The maximum absolute atomic E-state index is 13.8. The fourth-order valence-electron chi connectivity index (χ4n) is 13.0. The van der Waals surface area contributed by atoms with Gasteiger partial charge in [-0.2, -0.15) is 38.5 Å². The highest BCUT2D eigenvalue weighted by Crippen LogP contribution is 2.65. The molecular weight excluding hydrogens is 1130 g/mol. The van der Waals surface area contributed by atoms with Crippen molar-refractivity contribution in [2.75, 3.05) is 0 Å². The molecule has 0 unspecified atom stereocenters. The van der Waals surface area contributed by atoms with Crippen LogP contribution in [0.25, 0.3) is 117 Å². The molecule has 4 aliphatic rings. The average Bonchev–Trinajstić information content (AvgIpc) is 1.69. The van der Waals surface area contributed by atoms with Gasteiger partial charge in [0.15, 0.2) is 11.6 Å². The van der Waals surface area contributed by atoms with Gasteiger partial charge in [0.2, 0.25) is 0 Å². The van der Waals surface area contributed by atoms with E-state index in [1.54, 1.807) is 83.4 Å². The number of aromatic nitrogens is 4. The van der Waals surface area contributed by atoms with Crippen LogP contribution in [0, 0.1) is 45.3 Å². The summed E-state index contributed by atoms with van der Waals surface area (Å²) in [6.07, 6.45) is 3.50. The van der Waals surface area contributed by atoms with Gasteiger partial charge >= 0.3 is 0 Å². The van der Waals surface area contributed by atoms with Crippen LogP contribution in [-0.4, -0.2) is 29.1 Å². The van der Waals surface area contributed by atoms with Gasteiger partial charge in [-0.1, -0.05) is 100 Å². The first-order valence-corrected chi connectivity index (χ1v) is 30.6. The number of allylic oxidation sites excluding steroid dienone is 6. The molecule has 4 aliphatic carbocycles. The number of thiophene rings is 4. The largest absolute Gasteiger partial charge is 0.289 e. The topological polar surface area (TPSA) is 181 Å². The van der Waals surface area contributed by atoms with Crippen LogP contribution in [0.2, 0.25) is 0 Å². The lowest BCUT2D eigenvalue weighted by Gasteiger charge is -2.22. The molecule has 6 aromatic carbocycles. The highest BCUT2D eigenvalue weighted by molar-refractivity contribution is 7.32. The molecule has 6 aromatic heterocycles. The molecule has 0 amide bonds. The predicted octanol–water partition coefficient (Wildman–Crippen LogP) is 17.5. The first-order valence-electron chi connectivity index (χ1n) is 25.9. The second-order valence-corrected chi connectivity index (χ2v) is 27.0. The Kier molecular flexibility index (Phi) is 10.2. The van der Waals surface area contributed by atoms with Crippen LogP contribution < -0.4 is 0 Å². The van der Waals surface area contributed by atoms with E-state index < -0.39 is 0 Å². The zero-order chi connectivity index (χ0) is 55.8. The average molecular weight is 1160 g/mol. The van der Waals surface area contributed by atoms with E-state index in [4.69, 9.17) is 17.5 Å². The lowest BCUT2D eigenvalue weighted by atomic mass is 9.81. The highest BCUT2D eigenvalue weighted by Gasteiger charge is 2.46. The number of rotatable bonds is 4. The predicted molar refractivity (Wildman–Crippen MR) is 332 cm³/mol. The quantitative estimate of drug-likeness (QED) is 0.121. The fraction of sp³-hybridized carbons (Fsp3) is 0.0909. The van der Waals surface area contributed by atoms with Crippen LogP contribution in [0.1, 0.15) is 92.9 Å². The third kappa shape index (κ3) is 6.48. The van der Waals surface area contributed by atoms with Crippen LogP contribution in [0.3, 0.4) is 0 Å². The third-order valence-corrected chi connectivity index (χ3v) is 22.7. The summed E-state index contributed by atoms with van der Waals surface area (Å²) in [6.45, 7) is 9.46. The van der Waals surface area contributed by atoms with E-state index in [0.717, 1.165) is 55.4 Å². The molecule has 0 radical (unpaired) electrons. The van der Waals surface area contributed by atoms with Crippen molar-refractivity contribution in [1.29, 1.82) is 21.0 Å².